The van der Waals surface area contributed by atoms with Crippen LogP contribution >= 0.6 is 0 Å². The number of nitrogens with zero attached hydrogens (tertiary/aromatic N) is 8. The number of likely N-dealkylation sites (tertiary alicyclic amines) is 1. The lowest BCUT2D eigenvalue weighted by atomic mass is 10.1. The molecule has 0 atom stereocenters. The van der Waals surface area contributed by atoms with Gasteiger partial charge in [0.05, 0.1) is 29.0 Å². The topological polar surface area (TPSA) is 89.1 Å². The number of piperidine rings is 1. The highest BCUT2D eigenvalue weighted by Crippen LogP contribution is 2.27. The molecule has 9 heteroatoms. The maximum absolute atomic E-state index is 4.81. The molecule has 9 nitrogen and oxygen atoms in total. The normalized spacial score (nSPS) is 16.2. The lowest BCUT2D eigenvalue weighted by molar-refractivity contribution is 0.215. The van der Waals surface area contributed by atoms with E-state index in [1.54, 1.807) is 10.8 Å². The molecule has 5 rings (SSSR count). The number of hydrogen-bond donors (Lipinski definition) is 1. The third kappa shape index (κ3) is 2.88. The molecule has 4 aromatic heterocycles. The van der Waals surface area contributed by atoms with Gasteiger partial charge in [-0.25, -0.2) is 19.2 Å². The van der Waals surface area contributed by atoms with E-state index in [1.807, 2.05) is 32.3 Å². The summed E-state index contributed by atoms with van der Waals surface area (Å²) in [6, 6.07) is 2.37. The van der Waals surface area contributed by atoms with E-state index >= 15 is 0 Å². The predicted molar refractivity (Wildman–Crippen MR) is 107 cm³/mol. The molecule has 4 aromatic rings. The molecule has 1 aliphatic rings. The Morgan fingerprint density at radius 3 is 2.79 bits per heavy atom. The van der Waals surface area contributed by atoms with Gasteiger partial charge in [0.15, 0.2) is 11.3 Å². The van der Waals surface area contributed by atoms with Gasteiger partial charge in [0.2, 0.25) is 5.95 Å². The number of fused-ring (bicyclic) bond motifs is 2. The first kappa shape index (κ1) is 17.1. The van der Waals surface area contributed by atoms with Gasteiger partial charge in [-0.05, 0) is 58.5 Å². The highest BCUT2D eigenvalue weighted by Gasteiger charge is 2.22. The second kappa shape index (κ2) is 6.52. The summed E-state index contributed by atoms with van der Waals surface area (Å²) < 4.78 is 3.83. The monoisotopic (exact) mass is 377 g/mol. The van der Waals surface area contributed by atoms with Crippen molar-refractivity contribution in [2.75, 3.05) is 25.5 Å². The lowest BCUT2D eigenvalue weighted by Crippen LogP contribution is -2.32. The van der Waals surface area contributed by atoms with Gasteiger partial charge < -0.3 is 10.2 Å². The molecule has 0 radical (unpaired) electrons. The van der Waals surface area contributed by atoms with Crippen LogP contribution in [0, 0.1) is 13.8 Å². The van der Waals surface area contributed by atoms with E-state index in [2.05, 4.69) is 37.0 Å². The molecular formula is C19H23N9. The highest BCUT2D eigenvalue weighted by atomic mass is 15.3. The molecule has 5 heterocycles. The fourth-order valence-electron chi connectivity index (χ4n) is 3.83. The van der Waals surface area contributed by atoms with Crippen molar-refractivity contribution in [1.29, 1.82) is 0 Å². The van der Waals surface area contributed by atoms with E-state index in [0.717, 1.165) is 59.6 Å². The Labute approximate surface area is 162 Å². The summed E-state index contributed by atoms with van der Waals surface area (Å²) in [5.74, 6) is 0.559. The van der Waals surface area contributed by atoms with Crippen LogP contribution in [-0.4, -0.2) is 59.4 Å². The number of rotatable bonds is 3. The zero-order valence-corrected chi connectivity index (χ0v) is 16.3. The second-order valence-electron chi connectivity index (χ2n) is 7.55. The summed E-state index contributed by atoms with van der Waals surface area (Å²) in [5, 5.41) is 13.3. The first-order valence-electron chi connectivity index (χ1n) is 9.56. The van der Waals surface area contributed by atoms with Crippen LogP contribution in [0.15, 0.2) is 24.8 Å². The second-order valence-corrected chi connectivity index (χ2v) is 7.55. The standard InChI is InChI=1S/C19H23N9/c1-12-8-17-21-11-22-27(17)10-16(12)23-19-20-9-15-13(2)25-28(18(15)24-19)14-4-6-26(3)7-5-14/h8-11,14H,4-7H2,1-3H3,(H,20,23,24). The molecule has 0 bridgehead atoms. The third-order valence-electron chi connectivity index (χ3n) is 5.54. The molecule has 0 aromatic carbocycles. The highest BCUT2D eigenvalue weighted by molar-refractivity contribution is 5.79. The molecular weight excluding hydrogens is 354 g/mol. The van der Waals surface area contributed by atoms with Gasteiger partial charge in [-0.3, -0.25) is 0 Å². The van der Waals surface area contributed by atoms with Crippen LogP contribution in [0.25, 0.3) is 16.7 Å². The van der Waals surface area contributed by atoms with Gasteiger partial charge in [-0.15, -0.1) is 0 Å². The predicted octanol–water partition coefficient (Wildman–Crippen LogP) is 2.50. The van der Waals surface area contributed by atoms with E-state index in [-0.39, 0.29) is 0 Å². The Kier molecular flexibility index (Phi) is 3.97. The minimum Gasteiger partial charge on any atom is -0.323 e. The Bertz CT molecular complexity index is 1150. The van der Waals surface area contributed by atoms with E-state index in [1.165, 1.54) is 0 Å². The van der Waals surface area contributed by atoms with Crippen molar-refractivity contribution in [2.45, 2.75) is 32.7 Å². The molecule has 0 saturated carbocycles. The zero-order valence-electron chi connectivity index (χ0n) is 16.3. The fourth-order valence-corrected chi connectivity index (χ4v) is 3.83. The molecule has 0 spiro atoms. The summed E-state index contributed by atoms with van der Waals surface area (Å²) in [4.78, 5) is 15.9. The Morgan fingerprint density at radius 1 is 1.14 bits per heavy atom. The third-order valence-corrected chi connectivity index (χ3v) is 5.54. The summed E-state index contributed by atoms with van der Waals surface area (Å²) in [5.41, 5.74) is 4.64. The van der Waals surface area contributed by atoms with Crippen molar-refractivity contribution in [3.05, 3.63) is 36.0 Å². The van der Waals surface area contributed by atoms with E-state index in [0.29, 0.717) is 12.0 Å². The van der Waals surface area contributed by atoms with Crippen LogP contribution in [0.4, 0.5) is 11.6 Å². The molecule has 0 unspecified atom stereocenters. The fraction of sp³-hybridized carbons (Fsp3) is 0.421. The van der Waals surface area contributed by atoms with Crippen molar-refractivity contribution < 1.29 is 0 Å². The maximum Gasteiger partial charge on any atom is 0.229 e. The van der Waals surface area contributed by atoms with Gasteiger partial charge >= 0.3 is 0 Å². The van der Waals surface area contributed by atoms with E-state index in [4.69, 9.17) is 10.1 Å². The Balaban J connectivity index is 1.51. The zero-order chi connectivity index (χ0) is 19.3. The van der Waals surface area contributed by atoms with E-state index < -0.39 is 0 Å². The maximum atomic E-state index is 4.81. The number of pyridine rings is 1. The van der Waals surface area contributed by atoms with Crippen molar-refractivity contribution in [3.8, 4) is 0 Å². The van der Waals surface area contributed by atoms with Gasteiger partial charge in [-0.2, -0.15) is 15.2 Å². The van der Waals surface area contributed by atoms with Crippen molar-refractivity contribution in [3.63, 3.8) is 0 Å². The van der Waals surface area contributed by atoms with Crippen molar-refractivity contribution >= 4 is 28.3 Å². The summed E-state index contributed by atoms with van der Waals surface area (Å²) in [6.07, 6.45) is 7.49. The van der Waals surface area contributed by atoms with E-state index in [9.17, 15) is 0 Å². The lowest BCUT2D eigenvalue weighted by Gasteiger charge is -2.29. The largest absolute Gasteiger partial charge is 0.323 e. The molecule has 1 N–H and O–H groups in total. The van der Waals surface area contributed by atoms with Crippen LogP contribution in [0.3, 0.4) is 0 Å². The molecule has 144 valence electrons. The average molecular weight is 377 g/mol. The number of aromatic nitrogens is 7. The summed E-state index contributed by atoms with van der Waals surface area (Å²) in [6.45, 7) is 6.21. The molecule has 1 fully saturated rings. The Hall–Kier alpha value is -3.07. The smallest absolute Gasteiger partial charge is 0.229 e. The number of hydrogen-bond acceptors (Lipinski definition) is 7. The molecule has 0 amide bonds. The van der Waals surface area contributed by atoms with Gasteiger partial charge in [0.25, 0.3) is 0 Å². The molecule has 1 aliphatic heterocycles. The van der Waals surface area contributed by atoms with Crippen LogP contribution in [-0.2, 0) is 0 Å². The Morgan fingerprint density at radius 2 is 1.96 bits per heavy atom. The summed E-state index contributed by atoms with van der Waals surface area (Å²) in [7, 11) is 2.17. The first-order chi connectivity index (χ1) is 13.6. The summed E-state index contributed by atoms with van der Waals surface area (Å²) >= 11 is 0. The number of aryl methyl sites for hydroxylation is 2. The molecule has 0 aliphatic carbocycles. The molecule has 1 saturated heterocycles. The van der Waals surface area contributed by atoms with Gasteiger partial charge in [0.1, 0.15) is 6.33 Å². The minimum atomic E-state index is 0.378. The van der Waals surface area contributed by atoms with Crippen molar-refractivity contribution in [2.24, 2.45) is 0 Å². The van der Waals surface area contributed by atoms with Crippen LogP contribution in [0.2, 0.25) is 0 Å². The molecule has 28 heavy (non-hydrogen) atoms. The van der Waals surface area contributed by atoms with Gasteiger partial charge in [-0.1, -0.05) is 0 Å². The van der Waals surface area contributed by atoms with Crippen LogP contribution in [0.1, 0.15) is 30.1 Å². The van der Waals surface area contributed by atoms with Crippen molar-refractivity contribution in [1.82, 2.24) is 39.2 Å². The minimum absolute atomic E-state index is 0.378. The SMILES string of the molecule is Cc1cc2ncnn2cc1Nc1ncc2c(C)nn(C3CCN(C)CC3)c2n1. The van der Waals surface area contributed by atoms with Crippen LogP contribution < -0.4 is 5.32 Å². The average Bonchev–Trinajstić information content (AvgIpc) is 3.27. The quantitative estimate of drug-likeness (QED) is 0.587. The van der Waals surface area contributed by atoms with Gasteiger partial charge in [0, 0.05) is 6.20 Å². The number of nitrogens with one attached hydrogen (secondary N) is 1. The number of anilines is 2. The van der Waals surface area contributed by atoms with Crippen LogP contribution in [0.5, 0.6) is 0 Å². The first-order valence-corrected chi connectivity index (χ1v) is 9.56.